The summed E-state index contributed by atoms with van der Waals surface area (Å²) in [5.41, 5.74) is 2.21. The normalized spacial score (nSPS) is 13.6. The first-order valence-corrected chi connectivity index (χ1v) is 10.1. The average molecular weight is 490 g/mol. The number of hydrogen-bond donors (Lipinski definition) is 0. The summed E-state index contributed by atoms with van der Waals surface area (Å²) in [6.07, 6.45) is 1.58. The van der Waals surface area contributed by atoms with Gasteiger partial charge in [0.1, 0.15) is 11.5 Å². The summed E-state index contributed by atoms with van der Waals surface area (Å²) in [4.78, 5) is 24.9. The Morgan fingerprint density at radius 3 is 2.20 bits per heavy atom. The molecule has 4 rings (SSSR count). The zero-order chi connectivity index (χ0) is 25.4. The van der Waals surface area contributed by atoms with Gasteiger partial charge in [0.15, 0.2) is 18.1 Å². The number of carbonyl (C=O) groups excluding carboxylic acids is 2. The number of esters is 1. The van der Waals surface area contributed by atoms with E-state index in [4.69, 9.17) is 9.47 Å². The molecule has 180 valence electrons. The number of aryl methyl sites for hydroxylation is 1. The van der Waals surface area contributed by atoms with Crippen molar-refractivity contribution in [2.45, 2.75) is 13.8 Å². The summed E-state index contributed by atoms with van der Waals surface area (Å²) in [5.74, 6) is -14.2. The van der Waals surface area contributed by atoms with Crippen LogP contribution < -0.4 is 14.2 Å². The van der Waals surface area contributed by atoms with Gasteiger partial charge in [0.05, 0.1) is 5.56 Å². The van der Waals surface area contributed by atoms with Crippen molar-refractivity contribution in [3.05, 3.63) is 93.5 Å². The Hall–Kier alpha value is -4.21. The molecule has 1 aliphatic heterocycles. The Bertz CT molecular complexity index is 1380. The van der Waals surface area contributed by atoms with E-state index in [1.807, 2.05) is 31.2 Å². The molecule has 0 bridgehead atoms. The second-order valence-corrected chi connectivity index (χ2v) is 7.52. The lowest BCUT2D eigenvalue weighted by Crippen LogP contribution is -2.20. The summed E-state index contributed by atoms with van der Waals surface area (Å²) < 4.78 is 82.3. The molecule has 0 saturated heterocycles. The number of Topliss-reactive ketones (excluding diaryl/α,β-unsaturated/α-hetero) is 1. The summed E-state index contributed by atoms with van der Waals surface area (Å²) >= 11 is 0. The Balaban J connectivity index is 1.51. The topological polar surface area (TPSA) is 61.8 Å². The van der Waals surface area contributed by atoms with Gasteiger partial charge in [-0.15, -0.1) is 0 Å². The SMILES string of the molecule is Cc1ccccc1/C=C1\Oc2c(ccc(OC(=O)COc3c(F)c(F)c(F)c(F)c3F)c2C)C1=O. The molecule has 0 spiro atoms. The maximum absolute atomic E-state index is 13.7. The number of fused-ring (bicyclic) bond motifs is 1. The van der Waals surface area contributed by atoms with E-state index in [9.17, 15) is 31.5 Å². The first-order chi connectivity index (χ1) is 16.6. The molecule has 1 aliphatic rings. The molecule has 0 aromatic heterocycles. The van der Waals surface area contributed by atoms with Crippen LogP contribution in [-0.2, 0) is 4.79 Å². The molecular formula is C25H15F5O5. The van der Waals surface area contributed by atoms with Crippen LogP contribution in [0.2, 0.25) is 0 Å². The molecule has 1 heterocycles. The Kier molecular flexibility index (Phi) is 6.29. The number of carbonyl (C=O) groups is 2. The van der Waals surface area contributed by atoms with Gasteiger partial charge in [0, 0.05) is 5.56 Å². The summed E-state index contributed by atoms with van der Waals surface area (Å²) in [6, 6.07) is 10.0. The number of ether oxygens (including phenoxy) is 3. The molecule has 0 fully saturated rings. The van der Waals surface area contributed by atoms with Crippen molar-refractivity contribution in [3.63, 3.8) is 0 Å². The Labute approximate surface area is 195 Å². The zero-order valence-electron chi connectivity index (χ0n) is 18.2. The zero-order valence-corrected chi connectivity index (χ0v) is 18.2. The molecular weight excluding hydrogens is 475 g/mol. The quantitative estimate of drug-likeness (QED) is 0.116. The van der Waals surface area contributed by atoms with E-state index >= 15 is 0 Å². The second kappa shape index (κ2) is 9.21. The fourth-order valence-electron chi connectivity index (χ4n) is 3.36. The van der Waals surface area contributed by atoms with Gasteiger partial charge in [0.2, 0.25) is 34.9 Å². The van der Waals surface area contributed by atoms with Gasteiger partial charge < -0.3 is 14.2 Å². The number of halogens is 5. The van der Waals surface area contributed by atoms with Crippen LogP contribution in [0.1, 0.15) is 27.0 Å². The largest absolute Gasteiger partial charge is 0.476 e. The fourth-order valence-corrected chi connectivity index (χ4v) is 3.36. The maximum Gasteiger partial charge on any atom is 0.349 e. The van der Waals surface area contributed by atoms with Crippen molar-refractivity contribution in [3.8, 4) is 17.2 Å². The van der Waals surface area contributed by atoms with Crippen LogP contribution >= 0.6 is 0 Å². The number of ketones is 1. The predicted octanol–water partition coefficient (Wildman–Crippen LogP) is 5.60. The van der Waals surface area contributed by atoms with Crippen molar-refractivity contribution in [2.75, 3.05) is 6.61 Å². The van der Waals surface area contributed by atoms with Crippen LogP contribution in [0.15, 0.2) is 42.2 Å². The molecule has 0 amide bonds. The van der Waals surface area contributed by atoms with E-state index < -0.39 is 47.4 Å². The molecule has 5 nitrogen and oxygen atoms in total. The highest BCUT2D eigenvalue weighted by molar-refractivity contribution is 6.15. The van der Waals surface area contributed by atoms with Crippen molar-refractivity contribution in [1.29, 1.82) is 0 Å². The van der Waals surface area contributed by atoms with E-state index in [1.165, 1.54) is 19.1 Å². The lowest BCUT2D eigenvalue weighted by molar-refractivity contribution is -0.136. The van der Waals surface area contributed by atoms with Crippen LogP contribution in [0.5, 0.6) is 17.2 Å². The molecule has 3 aromatic rings. The third kappa shape index (κ3) is 4.34. The molecule has 0 atom stereocenters. The lowest BCUT2D eigenvalue weighted by atomic mass is 10.0. The molecule has 3 aromatic carbocycles. The highest BCUT2D eigenvalue weighted by Crippen LogP contribution is 2.39. The third-order valence-corrected chi connectivity index (χ3v) is 5.24. The minimum atomic E-state index is -2.35. The molecule has 0 N–H and O–H groups in total. The number of rotatable bonds is 5. The van der Waals surface area contributed by atoms with Crippen molar-refractivity contribution >= 4 is 17.8 Å². The maximum atomic E-state index is 13.7. The van der Waals surface area contributed by atoms with E-state index in [2.05, 4.69) is 4.74 Å². The van der Waals surface area contributed by atoms with Gasteiger partial charge >= 0.3 is 5.97 Å². The van der Waals surface area contributed by atoms with Gasteiger partial charge in [0.25, 0.3) is 0 Å². The van der Waals surface area contributed by atoms with Crippen molar-refractivity contribution in [1.82, 2.24) is 0 Å². The first kappa shape index (κ1) is 23.9. The number of allylic oxidation sites excluding steroid dienone is 1. The van der Waals surface area contributed by atoms with Crippen LogP contribution in [0, 0.1) is 42.9 Å². The van der Waals surface area contributed by atoms with E-state index in [-0.39, 0.29) is 34.2 Å². The third-order valence-electron chi connectivity index (χ3n) is 5.24. The number of benzene rings is 3. The molecule has 35 heavy (non-hydrogen) atoms. The second-order valence-electron chi connectivity index (χ2n) is 7.52. The van der Waals surface area contributed by atoms with Gasteiger partial charge in [-0.3, -0.25) is 4.79 Å². The predicted molar refractivity (Wildman–Crippen MR) is 113 cm³/mol. The van der Waals surface area contributed by atoms with Crippen LogP contribution in [0.4, 0.5) is 22.0 Å². The smallest absolute Gasteiger partial charge is 0.349 e. The van der Waals surface area contributed by atoms with Crippen LogP contribution in [-0.4, -0.2) is 18.4 Å². The minimum Gasteiger partial charge on any atom is -0.476 e. The minimum absolute atomic E-state index is 0.0558. The summed E-state index contributed by atoms with van der Waals surface area (Å²) in [7, 11) is 0. The highest BCUT2D eigenvalue weighted by atomic mass is 19.2. The molecule has 0 saturated carbocycles. The Morgan fingerprint density at radius 1 is 0.914 bits per heavy atom. The summed E-state index contributed by atoms with van der Waals surface area (Å²) in [6.45, 7) is 2.22. The fraction of sp³-hybridized carbons (Fsp3) is 0.120. The first-order valence-electron chi connectivity index (χ1n) is 10.1. The molecule has 0 aliphatic carbocycles. The van der Waals surface area contributed by atoms with E-state index in [0.717, 1.165) is 11.1 Å². The van der Waals surface area contributed by atoms with Crippen LogP contribution in [0.3, 0.4) is 0 Å². The highest BCUT2D eigenvalue weighted by Gasteiger charge is 2.31. The number of hydrogen-bond acceptors (Lipinski definition) is 5. The van der Waals surface area contributed by atoms with E-state index in [1.54, 1.807) is 6.08 Å². The van der Waals surface area contributed by atoms with Crippen molar-refractivity contribution in [2.24, 2.45) is 0 Å². The average Bonchev–Trinajstić information content (AvgIpc) is 3.15. The monoisotopic (exact) mass is 490 g/mol. The van der Waals surface area contributed by atoms with Gasteiger partial charge in [-0.2, -0.15) is 8.78 Å². The van der Waals surface area contributed by atoms with Crippen molar-refractivity contribution < 1.29 is 45.8 Å². The van der Waals surface area contributed by atoms with Gasteiger partial charge in [-0.05, 0) is 43.2 Å². The molecule has 0 unspecified atom stereocenters. The standard InChI is InChI=1S/C25H15F5O5/c1-11-5-3-4-6-13(11)9-16-23(32)14-7-8-15(12(2)24(14)35-16)34-17(31)10-33-25-21(29)19(27)18(26)20(28)22(25)30/h3-9H,10H2,1-2H3/b16-9-. The summed E-state index contributed by atoms with van der Waals surface area (Å²) in [5, 5.41) is 0. The van der Waals surface area contributed by atoms with Gasteiger partial charge in [-0.25, -0.2) is 18.0 Å². The lowest BCUT2D eigenvalue weighted by Gasteiger charge is -2.12. The Morgan fingerprint density at radius 2 is 1.54 bits per heavy atom. The molecule has 10 heteroatoms. The van der Waals surface area contributed by atoms with E-state index in [0.29, 0.717) is 0 Å². The van der Waals surface area contributed by atoms with Crippen LogP contribution in [0.25, 0.3) is 6.08 Å². The van der Waals surface area contributed by atoms with Gasteiger partial charge in [-0.1, -0.05) is 24.3 Å². The molecule has 0 radical (unpaired) electrons.